The van der Waals surface area contributed by atoms with Crippen LogP contribution in [-0.4, -0.2) is 23.3 Å². The van der Waals surface area contributed by atoms with E-state index in [0.29, 0.717) is 12.2 Å². The lowest BCUT2D eigenvalue weighted by molar-refractivity contribution is 0.0955. The van der Waals surface area contributed by atoms with Crippen LogP contribution in [0.25, 0.3) is 5.69 Å². The molecule has 2 aromatic carbocycles. The molecule has 0 aliphatic heterocycles. The molecule has 0 spiro atoms. The number of hydrogen-bond donors (Lipinski definition) is 1. The van der Waals surface area contributed by atoms with Crippen molar-refractivity contribution in [2.75, 3.05) is 6.61 Å². The number of aromatic nitrogens is 1. The molecule has 0 aliphatic rings. The van der Waals surface area contributed by atoms with E-state index in [0.717, 1.165) is 28.4 Å². The summed E-state index contributed by atoms with van der Waals surface area (Å²) < 4.78 is 7.57. The first-order chi connectivity index (χ1) is 13.5. The zero-order chi connectivity index (χ0) is 20.1. The van der Waals surface area contributed by atoms with Gasteiger partial charge in [0, 0.05) is 28.2 Å². The average molecular weight is 375 g/mol. The molecule has 0 saturated heterocycles. The van der Waals surface area contributed by atoms with Crippen LogP contribution in [0.2, 0.25) is 0 Å². The van der Waals surface area contributed by atoms with E-state index in [1.54, 1.807) is 30.5 Å². The second kappa shape index (κ2) is 8.57. The number of amides is 1. The van der Waals surface area contributed by atoms with Crippen molar-refractivity contribution in [3.05, 3.63) is 82.7 Å². The number of benzene rings is 2. The van der Waals surface area contributed by atoms with E-state index in [1.165, 1.54) is 5.56 Å². The van der Waals surface area contributed by atoms with Gasteiger partial charge in [0.1, 0.15) is 5.75 Å². The third-order valence-electron chi connectivity index (χ3n) is 4.53. The highest BCUT2D eigenvalue weighted by molar-refractivity contribution is 5.95. The standard InChI is InChI=1S/C23H25N3O2/c1-5-28-22-11-9-19(10-12-22)23(27)25-24-15-20-14-17(3)26(18(20)4)21-8-6-7-16(2)13-21/h6-15H,5H2,1-4H3,(H,25,27)/b24-15-. The van der Waals surface area contributed by atoms with E-state index in [1.807, 2.05) is 19.9 Å². The molecular formula is C23H25N3O2. The molecule has 5 heteroatoms. The number of nitrogens with one attached hydrogen (secondary N) is 1. The van der Waals surface area contributed by atoms with Crippen LogP contribution in [0.5, 0.6) is 5.75 Å². The smallest absolute Gasteiger partial charge is 0.271 e. The lowest BCUT2D eigenvalue weighted by Gasteiger charge is -2.10. The summed E-state index contributed by atoms with van der Waals surface area (Å²) in [4.78, 5) is 12.2. The number of carbonyl (C=O) groups excluding carboxylic acids is 1. The van der Waals surface area contributed by atoms with Crippen molar-refractivity contribution in [1.29, 1.82) is 0 Å². The first-order valence-electron chi connectivity index (χ1n) is 9.32. The van der Waals surface area contributed by atoms with Gasteiger partial charge in [0.05, 0.1) is 12.8 Å². The fourth-order valence-corrected chi connectivity index (χ4v) is 3.18. The number of carbonyl (C=O) groups is 1. The zero-order valence-corrected chi connectivity index (χ0v) is 16.7. The van der Waals surface area contributed by atoms with Crippen LogP contribution in [0.1, 0.15) is 39.8 Å². The Morgan fingerprint density at radius 2 is 1.86 bits per heavy atom. The molecule has 0 unspecified atom stereocenters. The number of rotatable bonds is 6. The topological polar surface area (TPSA) is 55.6 Å². The van der Waals surface area contributed by atoms with Crippen molar-refractivity contribution < 1.29 is 9.53 Å². The van der Waals surface area contributed by atoms with Crippen LogP contribution in [0.15, 0.2) is 59.7 Å². The quantitative estimate of drug-likeness (QED) is 0.507. The second-order valence-electron chi connectivity index (χ2n) is 6.66. The molecular weight excluding hydrogens is 350 g/mol. The van der Waals surface area contributed by atoms with E-state index in [4.69, 9.17) is 4.74 Å². The van der Waals surface area contributed by atoms with Gasteiger partial charge >= 0.3 is 0 Å². The molecule has 144 valence electrons. The largest absolute Gasteiger partial charge is 0.494 e. The number of nitrogens with zero attached hydrogens (tertiary/aromatic N) is 2. The Kier molecular flexibility index (Phi) is 5.94. The normalized spacial score (nSPS) is 11.0. The first-order valence-corrected chi connectivity index (χ1v) is 9.32. The highest BCUT2D eigenvalue weighted by Gasteiger charge is 2.10. The Morgan fingerprint density at radius 3 is 2.54 bits per heavy atom. The third-order valence-corrected chi connectivity index (χ3v) is 4.53. The molecule has 0 atom stereocenters. The SMILES string of the molecule is CCOc1ccc(C(=O)N/N=C\c2cc(C)n(-c3cccc(C)c3)c2C)cc1. The average Bonchev–Trinajstić information content (AvgIpc) is 2.96. The van der Waals surface area contributed by atoms with Crippen LogP contribution < -0.4 is 10.2 Å². The molecule has 0 aliphatic carbocycles. The van der Waals surface area contributed by atoms with Crippen molar-refractivity contribution >= 4 is 12.1 Å². The summed E-state index contributed by atoms with van der Waals surface area (Å²) in [5.74, 6) is 0.484. The Balaban J connectivity index is 1.72. The molecule has 1 aromatic heterocycles. The fraction of sp³-hybridized carbons (Fsp3) is 0.217. The highest BCUT2D eigenvalue weighted by atomic mass is 16.5. The van der Waals surface area contributed by atoms with Gasteiger partial charge in [-0.15, -0.1) is 0 Å². The molecule has 1 amide bonds. The van der Waals surface area contributed by atoms with Crippen molar-refractivity contribution in [1.82, 2.24) is 9.99 Å². The van der Waals surface area contributed by atoms with Gasteiger partial charge in [0.2, 0.25) is 0 Å². The van der Waals surface area contributed by atoms with Crippen LogP contribution in [0.4, 0.5) is 0 Å². The molecule has 0 fully saturated rings. The van der Waals surface area contributed by atoms with E-state index < -0.39 is 0 Å². The number of aryl methyl sites for hydroxylation is 2. The molecule has 1 heterocycles. The van der Waals surface area contributed by atoms with Gasteiger partial charge in [-0.05, 0) is 75.7 Å². The summed E-state index contributed by atoms with van der Waals surface area (Å²) in [7, 11) is 0. The number of hydrogen-bond acceptors (Lipinski definition) is 3. The second-order valence-corrected chi connectivity index (χ2v) is 6.66. The summed E-state index contributed by atoms with van der Waals surface area (Å²) in [6, 6.07) is 17.4. The summed E-state index contributed by atoms with van der Waals surface area (Å²) in [6.07, 6.45) is 1.68. The molecule has 3 rings (SSSR count). The molecule has 0 bridgehead atoms. The van der Waals surface area contributed by atoms with Crippen LogP contribution in [0.3, 0.4) is 0 Å². The molecule has 5 nitrogen and oxygen atoms in total. The lowest BCUT2D eigenvalue weighted by Crippen LogP contribution is -2.17. The fourth-order valence-electron chi connectivity index (χ4n) is 3.18. The van der Waals surface area contributed by atoms with Crippen LogP contribution >= 0.6 is 0 Å². The Hall–Kier alpha value is -3.34. The maximum absolute atomic E-state index is 12.2. The third kappa shape index (κ3) is 4.31. The molecule has 0 saturated carbocycles. The summed E-state index contributed by atoms with van der Waals surface area (Å²) >= 11 is 0. The minimum absolute atomic E-state index is 0.258. The highest BCUT2D eigenvalue weighted by Crippen LogP contribution is 2.20. The monoisotopic (exact) mass is 375 g/mol. The molecule has 0 radical (unpaired) electrons. The maximum atomic E-state index is 12.2. The minimum Gasteiger partial charge on any atom is -0.494 e. The van der Waals surface area contributed by atoms with E-state index >= 15 is 0 Å². The Labute approximate surface area is 165 Å². The Bertz CT molecular complexity index is 1000. The zero-order valence-electron chi connectivity index (χ0n) is 16.7. The van der Waals surface area contributed by atoms with Gasteiger partial charge in [-0.3, -0.25) is 4.79 Å². The van der Waals surface area contributed by atoms with E-state index in [2.05, 4.69) is 53.2 Å². The van der Waals surface area contributed by atoms with Crippen molar-refractivity contribution in [2.45, 2.75) is 27.7 Å². The van der Waals surface area contributed by atoms with Gasteiger partial charge in [-0.25, -0.2) is 5.43 Å². The van der Waals surface area contributed by atoms with Gasteiger partial charge in [-0.1, -0.05) is 12.1 Å². The van der Waals surface area contributed by atoms with Crippen molar-refractivity contribution in [2.24, 2.45) is 5.10 Å². The summed E-state index contributed by atoms with van der Waals surface area (Å²) in [5.41, 5.74) is 8.60. The number of ether oxygens (including phenoxy) is 1. The predicted molar refractivity (Wildman–Crippen MR) is 113 cm³/mol. The van der Waals surface area contributed by atoms with Gasteiger partial charge in [0.25, 0.3) is 5.91 Å². The van der Waals surface area contributed by atoms with Crippen molar-refractivity contribution in [3.63, 3.8) is 0 Å². The van der Waals surface area contributed by atoms with Gasteiger partial charge < -0.3 is 9.30 Å². The van der Waals surface area contributed by atoms with Gasteiger partial charge in [-0.2, -0.15) is 5.10 Å². The van der Waals surface area contributed by atoms with E-state index in [9.17, 15) is 4.79 Å². The predicted octanol–water partition coefficient (Wildman–Crippen LogP) is 4.57. The lowest BCUT2D eigenvalue weighted by atomic mass is 10.2. The molecule has 3 aromatic rings. The van der Waals surface area contributed by atoms with Crippen LogP contribution in [0, 0.1) is 20.8 Å². The molecule has 28 heavy (non-hydrogen) atoms. The van der Waals surface area contributed by atoms with Crippen LogP contribution in [-0.2, 0) is 0 Å². The van der Waals surface area contributed by atoms with Crippen molar-refractivity contribution in [3.8, 4) is 11.4 Å². The minimum atomic E-state index is -0.258. The Morgan fingerprint density at radius 1 is 1.11 bits per heavy atom. The summed E-state index contributed by atoms with van der Waals surface area (Å²) in [5, 5.41) is 4.13. The van der Waals surface area contributed by atoms with Gasteiger partial charge in [0.15, 0.2) is 0 Å². The summed E-state index contributed by atoms with van der Waals surface area (Å²) in [6.45, 7) is 8.70. The molecule has 1 N–H and O–H groups in total. The van der Waals surface area contributed by atoms with E-state index in [-0.39, 0.29) is 5.91 Å². The first kappa shape index (κ1) is 19.4. The number of hydrazone groups is 1. The maximum Gasteiger partial charge on any atom is 0.271 e.